The fraction of sp³-hybridized carbons (Fsp3) is 0.778. The highest BCUT2D eigenvalue weighted by Gasteiger charge is 2.38. The number of hydrogen-bond acceptors (Lipinski definition) is 7. The Morgan fingerprint density at radius 2 is 1.83 bits per heavy atom. The molecule has 7 N–H and O–H groups in total. The van der Waals surface area contributed by atoms with Gasteiger partial charge in [-0.2, -0.15) is 0 Å². The van der Waals surface area contributed by atoms with Gasteiger partial charge in [0.1, 0.15) is 24.2 Å². The van der Waals surface area contributed by atoms with Crippen molar-refractivity contribution in [3.8, 4) is 0 Å². The van der Waals surface area contributed by atoms with Crippen molar-refractivity contribution >= 4 is 23.7 Å². The predicted molar refractivity (Wildman–Crippen MR) is 102 cm³/mol. The number of nitrogens with zero attached hydrogens (tertiary/aromatic N) is 1. The predicted octanol–water partition coefficient (Wildman–Crippen LogP) is -2.22. The fourth-order valence-corrected chi connectivity index (χ4v) is 3.10. The van der Waals surface area contributed by atoms with E-state index >= 15 is 0 Å². The van der Waals surface area contributed by atoms with Crippen molar-refractivity contribution in [2.24, 2.45) is 11.7 Å². The molecular formula is C18H32N4O7. The van der Waals surface area contributed by atoms with E-state index in [1.807, 2.05) is 0 Å². The van der Waals surface area contributed by atoms with E-state index in [-0.39, 0.29) is 12.5 Å². The highest BCUT2D eigenvalue weighted by atomic mass is 16.4. The first-order valence-corrected chi connectivity index (χ1v) is 9.73. The van der Waals surface area contributed by atoms with Crippen LogP contribution in [0, 0.1) is 5.92 Å². The molecule has 0 aromatic rings. The van der Waals surface area contributed by atoms with Gasteiger partial charge in [0.25, 0.3) is 0 Å². The Morgan fingerprint density at radius 3 is 2.31 bits per heavy atom. The quantitative estimate of drug-likeness (QED) is 0.231. The van der Waals surface area contributed by atoms with E-state index in [4.69, 9.17) is 5.73 Å². The molecule has 166 valence electrons. The molecule has 1 rings (SSSR count). The van der Waals surface area contributed by atoms with Gasteiger partial charge in [0.2, 0.25) is 17.7 Å². The van der Waals surface area contributed by atoms with Crippen LogP contribution in [-0.2, 0) is 19.2 Å². The molecule has 0 aliphatic carbocycles. The number of hydrogen-bond donors (Lipinski definition) is 6. The summed E-state index contributed by atoms with van der Waals surface area (Å²) in [5.74, 6) is -3.62. The van der Waals surface area contributed by atoms with Crippen molar-refractivity contribution in [2.75, 3.05) is 13.2 Å². The van der Waals surface area contributed by atoms with Crippen LogP contribution < -0.4 is 16.4 Å². The summed E-state index contributed by atoms with van der Waals surface area (Å²) in [7, 11) is 0. The highest BCUT2D eigenvalue weighted by molar-refractivity contribution is 5.94. The molecule has 0 radical (unpaired) electrons. The molecule has 6 unspecified atom stereocenters. The van der Waals surface area contributed by atoms with Crippen LogP contribution in [0.5, 0.6) is 0 Å². The Balaban J connectivity index is 2.82. The van der Waals surface area contributed by atoms with Crippen LogP contribution in [0.15, 0.2) is 0 Å². The molecule has 1 heterocycles. The van der Waals surface area contributed by atoms with Gasteiger partial charge in [0.05, 0.1) is 12.7 Å². The summed E-state index contributed by atoms with van der Waals surface area (Å²) in [6.07, 6.45) is 0.308. The van der Waals surface area contributed by atoms with Gasteiger partial charge in [-0.25, -0.2) is 4.79 Å². The number of carbonyl (C=O) groups is 4. The molecule has 3 amide bonds. The Kier molecular flexibility index (Phi) is 9.47. The van der Waals surface area contributed by atoms with Crippen LogP contribution in [0.4, 0.5) is 0 Å². The molecule has 0 aromatic carbocycles. The van der Waals surface area contributed by atoms with Gasteiger partial charge in [-0.1, -0.05) is 20.3 Å². The summed E-state index contributed by atoms with van der Waals surface area (Å²) in [5.41, 5.74) is 5.67. The van der Waals surface area contributed by atoms with Gasteiger partial charge in [0, 0.05) is 6.54 Å². The van der Waals surface area contributed by atoms with Crippen molar-refractivity contribution in [3.05, 3.63) is 0 Å². The molecule has 1 fully saturated rings. The molecule has 0 spiro atoms. The summed E-state index contributed by atoms with van der Waals surface area (Å²) in [6.45, 7) is 4.36. The number of aliphatic hydroxyl groups is 2. The Morgan fingerprint density at radius 1 is 1.21 bits per heavy atom. The van der Waals surface area contributed by atoms with Crippen LogP contribution in [0.3, 0.4) is 0 Å². The van der Waals surface area contributed by atoms with Crippen LogP contribution in [0.2, 0.25) is 0 Å². The number of aliphatic hydroxyl groups excluding tert-OH is 2. The summed E-state index contributed by atoms with van der Waals surface area (Å²) >= 11 is 0. The van der Waals surface area contributed by atoms with Crippen molar-refractivity contribution in [3.63, 3.8) is 0 Å². The van der Waals surface area contributed by atoms with Gasteiger partial charge >= 0.3 is 5.97 Å². The molecule has 0 bridgehead atoms. The molecule has 1 aliphatic heterocycles. The minimum atomic E-state index is -1.36. The van der Waals surface area contributed by atoms with Crippen LogP contribution in [-0.4, -0.2) is 87.3 Å². The number of amides is 3. The van der Waals surface area contributed by atoms with Crippen molar-refractivity contribution in [1.82, 2.24) is 15.5 Å². The van der Waals surface area contributed by atoms with Gasteiger partial charge in [-0.15, -0.1) is 0 Å². The third kappa shape index (κ3) is 6.38. The average Bonchev–Trinajstić information content (AvgIpc) is 3.17. The Bertz CT molecular complexity index is 613. The minimum Gasteiger partial charge on any atom is -0.480 e. The zero-order chi connectivity index (χ0) is 22.3. The molecule has 0 saturated carbocycles. The maximum atomic E-state index is 12.6. The molecule has 1 saturated heterocycles. The number of aliphatic carboxylic acids is 1. The Labute approximate surface area is 169 Å². The monoisotopic (exact) mass is 416 g/mol. The van der Waals surface area contributed by atoms with Crippen molar-refractivity contribution < 1.29 is 34.5 Å². The lowest BCUT2D eigenvalue weighted by Crippen LogP contribution is -2.59. The van der Waals surface area contributed by atoms with Crippen molar-refractivity contribution in [1.29, 1.82) is 0 Å². The topological polar surface area (TPSA) is 182 Å². The van der Waals surface area contributed by atoms with E-state index in [1.165, 1.54) is 11.8 Å². The van der Waals surface area contributed by atoms with E-state index in [2.05, 4.69) is 10.6 Å². The maximum Gasteiger partial charge on any atom is 0.326 e. The smallest absolute Gasteiger partial charge is 0.326 e. The lowest BCUT2D eigenvalue weighted by Gasteiger charge is -2.29. The van der Waals surface area contributed by atoms with Gasteiger partial charge < -0.3 is 36.6 Å². The second-order valence-electron chi connectivity index (χ2n) is 7.41. The van der Waals surface area contributed by atoms with E-state index < -0.39 is 60.6 Å². The van der Waals surface area contributed by atoms with Crippen LogP contribution in [0.1, 0.15) is 40.0 Å². The van der Waals surface area contributed by atoms with Crippen LogP contribution >= 0.6 is 0 Å². The SMILES string of the molecule is CCC(C)C(NC(=O)C(CO)NC(=O)C1CCCN1C(=O)C(N)C(C)O)C(=O)O. The summed E-state index contributed by atoms with van der Waals surface area (Å²) in [4.78, 5) is 50.0. The second kappa shape index (κ2) is 11.1. The molecule has 11 heteroatoms. The summed E-state index contributed by atoms with van der Waals surface area (Å²) in [6, 6.07) is -4.59. The molecule has 6 atom stereocenters. The normalized spacial score (nSPS) is 21.6. The maximum absolute atomic E-state index is 12.6. The van der Waals surface area contributed by atoms with Crippen molar-refractivity contribution in [2.45, 2.75) is 70.3 Å². The highest BCUT2D eigenvalue weighted by Crippen LogP contribution is 2.19. The lowest BCUT2D eigenvalue weighted by atomic mass is 9.99. The lowest BCUT2D eigenvalue weighted by molar-refractivity contribution is -0.145. The summed E-state index contributed by atoms with van der Waals surface area (Å²) < 4.78 is 0. The molecule has 0 aromatic heterocycles. The first-order valence-electron chi connectivity index (χ1n) is 9.73. The average molecular weight is 416 g/mol. The number of nitrogens with two attached hydrogens (primary N) is 1. The van der Waals surface area contributed by atoms with Gasteiger partial charge in [-0.3, -0.25) is 14.4 Å². The number of nitrogens with one attached hydrogen (secondary N) is 2. The number of rotatable bonds is 10. The molecular weight excluding hydrogens is 384 g/mol. The number of carbonyl (C=O) groups excluding carboxylic acids is 3. The fourth-order valence-electron chi connectivity index (χ4n) is 3.10. The van der Waals surface area contributed by atoms with Gasteiger partial charge in [0.15, 0.2) is 0 Å². The Hall–Kier alpha value is -2.24. The van der Waals surface area contributed by atoms with E-state index in [0.717, 1.165) is 0 Å². The van der Waals surface area contributed by atoms with Crippen LogP contribution in [0.25, 0.3) is 0 Å². The minimum absolute atomic E-state index is 0.280. The zero-order valence-corrected chi connectivity index (χ0v) is 17.0. The summed E-state index contributed by atoms with van der Waals surface area (Å²) in [5, 5.41) is 33.0. The number of carboxylic acids is 1. The number of likely N-dealkylation sites (tertiary alicyclic amines) is 1. The molecule has 29 heavy (non-hydrogen) atoms. The van der Waals surface area contributed by atoms with Gasteiger partial charge in [-0.05, 0) is 25.7 Å². The van der Waals surface area contributed by atoms with E-state index in [9.17, 15) is 34.5 Å². The largest absolute Gasteiger partial charge is 0.480 e. The van der Waals surface area contributed by atoms with E-state index in [0.29, 0.717) is 19.3 Å². The second-order valence-corrected chi connectivity index (χ2v) is 7.41. The first kappa shape index (κ1) is 24.8. The third-order valence-corrected chi connectivity index (χ3v) is 5.24. The van der Waals surface area contributed by atoms with E-state index in [1.54, 1.807) is 13.8 Å². The molecule has 11 nitrogen and oxygen atoms in total. The third-order valence-electron chi connectivity index (χ3n) is 5.24. The first-order chi connectivity index (χ1) is 13.5. The zero-order valence-electron chi connectivity index (χ0n) is 17.0. The number of carboxylic acid groups (broad SMARTS) is 1. The molecule has 1 aliphatic rings. The standard InChI is InChI=1S/C18H32N4O7/c1-4-9(2)14(18(28)29)21-15(25)11(8-23)20-16(26)12-6-5-7-22(12)17(27)13(19)10(3)24/h9-14,23-24H,4-8,19H2,1-3H3,(H,20,26)(H,21,25)(H,28,29).